The van der Waals surface area contributed by atoms with E-state index in [2.05, 4.69) is 15.2 Å². The van der Waals surface area contributed by atoms with Crippen LogP contribution in [0.4, 0.5) is 17.6 Å². The van der Waals surface area contributed by atoms with Gasteiger partial charge < -0.3 is 0 Å². The first-order chi connectivity index (χ1) is 11.4. The molecule has 0 saturated carbocycles. The molecule has 0 aliphatic carbocycles. The van der Waals surface area contributed by atoms with Crippen molar-refractivity contribution in [3.63, 3.8) is 0 Å². The molecule has 9 heteroatoms. The van der Waals surface area contributed by atoms with Crippen molar-refractivity contribution in [3.05, 3.63) is 59.7 Å². The third-order valence-electron chi connectivity index (χ3n) is 3.92. The molecule has 1 aliphatic heterocycles. The van der Waals surface area contributed by atoms with Crippen molar-refractivity contribution in [2.45, 2.75) is 24.8 Å². The zero-order chi connectivity index (χ0) is 16.9. The Hall–Kier alpha value is -2.71. The van der Waals surface area contributed by atoms with Gasteiger partial charge >= 0.3 is 6.18 Å². The molecule has 0 bridgehead atoms. The van der Waals surface area contributed by atoms with E-state index in [1.54, 1.807) is 0 Å². The highest BCUT2D eigenvalue weighted by molar-refractivity contribution is 5.25. The van der Waals surface area contributed by atoms with Gasteiger partial charge in [0.1, 0.15) is 0 Å². The molecule has 3 heterocycles. The minimum atomic E-state index is -4.55. The monoisotopic (exact) mass is 337 g/mol. The van der Waals surface area contributed by atoms with E-state index in [0.29, 0.717) is 0 Å². The molecule has 0 radical (unpaired) electrons. The molecule has 2 aromatic heterocycles. The minimum absolute atomic E-state index is 0.0798. The van der Waals surface area contributed by atoms with E-state index in [1.165, 1.54) is 4.68 Å². The number of alkyl halides is 4. The SMILES string of the molecule is F[C@H]1C[C@@H](c2ccccc2)n2nc(-n3ccc(C(F)(F)F)n3)nc21. The standard InChI is InChI=1S/C15H11F4N5/c16-10-8-11(9-4-2-1-3-5-9)24-13(10)20-14(22-24)23-7-6-12(21-23)15(17,18)19/h1-7,10-11H,8H2/t10-,11-/m0/s1. The number of rotatable bonds is 2. The number of fused-ring (bicyclic) bond motifs is 1. The topological polar surface area (TPSA) is 48.5 Å². The zero-order valence-corrected chi connectivity index (χ0v) is 12.2. The maximum absolute atomic E-state index is 14.2. The number of halogens is 4. The lowest BCUT2D eigenvalue weighted by Gasteiger charge is -2.11. The molecular weight excluding hydrogens is 326 g/mol. The fourth-order valence-corrected chi connectivity index (χ4v) is 2.80. The summed E-state index contributed by atoms with van der Waals surface area (Å²) < 4.78 is 54.5. The number of nitrogens with zero attached hydrogens (tertiary/aromatic N) is 5. The largest absolute Gasteiger partial charge is 0.435 e. The average Bonchev–Trinajstić information content (AvgIpc) is 3.23. The van der Waals surface area contributed by atoms with E-state index in [9.17, 15) is 17.6 Å². The van der Waals surface area contributed by atoms with Crippen LogP contribution in [0, 0.1) is 0 Å². The maximum Gasteiger partial charge on any atom is 0.435 e. The fourth-order valence-electron chi connectivity index (χ4n) is 2.80. The molecule has 0 spiro atoms. The van der Waals surface area contributed by atoms with Crippen LogP contribution >= 0.6 is 0 Å². The highest BCUT2D eigenvalue weighted by atomic mass is 19.4. The summed E-state index contributed by atoms with van der Waals surface area (Å²) in [7, 11) is 0. The summed E-state index contributed by atoms with van der Waals surface area (Å²) in [5, 5.41) is 7.58. The van der Waals surface area contributed by atoms with E-state index in [4.69, 9.17) is 0 Å². The Balaban J connectivity index is 1.72. The lowest BCUT2D eigenvalue weighted by Crippen LogP contribution is -2.10. The van der Waals surface area contributed by atoms with Crippen LogP contribution in [-0.2, 0) is 6.18 Å². The van der Waals surface area contributed by atoms with Crippen molar-refractivity contribution in [1.82, 2.24) is 24.5 Å². The minimum Gasteiger partial charge on any atom is -0.239 e. The summed E-state index contributed by atoms with van der Waals surface area (Å²) in [5.41, 5.74) is -0.180. The summed E-state index contributed by atoms with van der Waals surface area (Å²) in [6.45, 7) is 0. The van der Waals surface area contributed by atoms with Crippen molar-refractivity contribution in [3.8, 4) is 5.95 Å². The van der Waals surface area contributed by atoms with Gasteiger partial charge in [-0.3, -0.25) is 0 Å². The third-order valence-corrected chi connectivity index (χ3v) is 3.92. The highest BCUT2D eigenvalue weighted by Gasteiger charge is 2.37. The highest BCUT2D eigenvalue weighted by Crippen LogP contribution is 2.39. The Labute approximate surface area is 133 Å². The van der Waals surface area contributed by atoms with Crippen LogP contribution in [-0.4, -0.2) is 24.5 Å². The Morgan fingerprint density at radius 3 is 2.46 bits per heavy atom. The lowest BCUT2D eigenvalue weighted by atomic mass is 10.0. The van der Waals surface area contributed by atoms with Crippen molar-refractivity contribution < 1.29 is 17.6 Å². The van der Waals surface area contributed by atoms with Gasteiger partial charge in [-0.05, 0) is 11.6 Å². The van der Waals surface area contributed by atoms with E-state index in [-0.39, 0.29) is 24.2 Å². The second kappa shape index (κ2) is 5.15. The summed E-state index contributed by atoms with van der Waals surface area (Å²) in [6.07, 6.45) is -4.57. The van der Waals surface area contributed by atoms with Crippen LogP contribution in [0.2, 0.25) is 0 Å². The molecule has 4 rings (SSSR count). The fraction of sp³-hybridized carbons (Fsp3) is 0.267. The Morgan fingerprint density at radius 2 is 1.79 bits per heavy atom. The predicted octanol–water partition coefficient (Wildman–Crippen LogP) is 3.49. The van der Waals surface area contributed by atoms with Gasteiger partial charge in [-0.1, -0.05) is 30.3 Å². The lowest BCUT2D eigenvalue weighted by molar-refractivity contribution is -0.141. The molecule has 3 aromatic rings. The molecular formula is C15H11F4N5. The molecule has 5 nitrogen and oxygen atoms in total. The molecule has 0 unspecified atom stereocenters. The maximum atomic E-state index is 14.2. The van der Waals surface area contributed by atoms with Gasteiger partial charge in [0, 0.05) is 12.6 Å². The van der Waals surface area contributed by atoms with Crippen molar-refractivity contribution >= 4 is 0 Å². The first-order valence-corrected chi connectivity index (χ1v) is 7.22. The van der Waals surface area contributed by atoms with E-state index < -0.39 is 18.0 Å². The first kappa shape index (κ1) is 14.9. The number of hydrogen-bond donors (Lipinski definition) is 0. The van der Waals surface area contributed by atoms with Crippen LogP contribution in [0.15, 0.2) is 42.6 Å². The summed E-state index contributed by atoms with van der Waals surface area (Å²) in [6, 6.07) is 9.71. The van der Waals surface area contributed by atoms with Crippen molar-refractivity contribution in [2.24, 2.45) is 0 Å². The quantitative estimate of drug-likeness (QED) is 0.673. The molecule has 0 N–H and O–H groups in total. The van der Waals surface area contributed by atoms with Crippen LogP contribution in [0.25, 0.3) is 5.95 Å². The van der Waals surface area contributed by atoms with Crippen molar-refractivity contribution in [1.29, 1.82) is 0 Å². The number of aromatic nitrogens is 5. The van der Waals surface area contributed by atoms with Crippen LogP contribution in [0.1, 0.15) is 35.7 Å². The Bertz CT molecular complexity index is 868. The van der Waals surface area contributed by atoms with Gasteiger partial charge in [0.2, 0.25) is 0 Å². The number of benzene rings is 1. The normalized spacial score (nSPS) is 20.3. The molecule has 0 saturated heterocycles. The molecule has 1 aliphatic rings. The zero-order valence-electron chi connectivity index (χ0n) is 12.2. The average molecular weight is 337 g/mol. The summed E-state index contributed by atoms with van der Waals surface area (Å²) >= 11 is 0. The van der Waals surface area contributed by atoms with Gasteiger partial charge in [-0.15, -0.1) is 5.10 Å². The Kier molecular flexibility index (Phi) is 3.19. The molecule has 124 valence electrons. The smallest absolute Gasteiger partial charge is 0.239 e. The molecule has 2 atom stereocenters. The van der Waals surface area contributed by atoms with E-state index in [0.717, 1.165) is 22.5 Å². The van der Waals surface area contributed by atoms with Crippen LogP contribution < -0.4 is 0 Å². The van der Waals surface area contributed by atoms with Crippen molar-refractivity contribution in [2.75, 3.05) is 0 Å². The summed E-state index contributed by atoms with van der Waals surface area (Å²) in [4.78, 5) is 4.02. The summed E-state index contributed by atoms with van der Waals surface area (Å²) in [5.74, 6) is 0.0201. The van der Waals surface area contributed by atoms with Crippen LogP contribution in [0.5, 0.6) is 0 Å². The third kappa shape index (κ3) is 2.36. The molecule has 0 amide bonds. The predicted molar refractivity (Wildman–Crippen MR) is 75.2 cm³/mol. The second-order valence-electron chi connectivity index (χ2n) is 5.49. The van der Waals surface area contributed by atoms with E-state index in [1.807, 2.05) is 30.3 Å². The second-order valence-corrected chi connectivity index (χ2v) is 5.49. The van der Waals surface area contributed by atoms with Gasteiger partial charge in [-0.2, -0.15) is 23.3 Å². The first-order valence-electron chi connectivity index (χ1n) is 7.22. The molecule has 0 fully saturated rings. The van der Waals surface area contributed by atoms with Gasteiger partial charge in [0.15, 0.2) is 17.7 Å². The number of hydrogen-bond acceptors (Lipinski definition) is 3. The molecule has 1 aromatic carbocycles. The van der Waals surface area contributed by atoms with E-state index >= 15 is 0 Å². The van der Waals surface area contributed by atoms with Gasteiger partial charge in [0.25, 0.3) is 5.95 Å². The van der Waals surface area contributed by atoms with Gasteiger partial charge in [-0.25, -0.2) is 13.8 Å². The van der Waals surface area contributed by atoms with Crippen LogP contribution in [0.3, 0.4) is 0 Å². The Morgan fingerprint density at radius 1 is 1.04 bits per heavy atom. The van der Waals surface area contributed by atoms with Gasteiger partial charge in [0.05, 0.1) is 6.04 Å². The molecule has 24 heavy (non-hydrogen) atoms.